The quantitative estimate of drug-likeness (QED) is 0.584. The summed E-state index contributed by atoms with van der Waals surface area (Å²) in [7, 11) is 1.61. The summed E-state index contributed by atoms with van der Waals surface area (Å²) in [5.41, 5.74) is 2.74. The molecule has 3 rings (SSSR count). The Bertz CT molecular complexity index is 988. The second kappa shape index (κ2) is 10.1. The highest BCUT2D eigenvalue weighted by atomic mass is 16.5. The fourth-order valence-electron chi connectivity index (χ4n) is 3.03. The second-order valence-electron chi connectivity index (χ2n) is 6.60. The molecule has 154 valence electrons. The number of ether oxygens (including phenoxy) is 1. The minimum atomic E-state index is -0.203. The van der Waals surface area contributed by atoms with Crippen molar-refractivity contribution in [3.05, 3.63) is 84.4 Å². The molecule has 3 aromatic carbocycles. The maximum atomic E-state index is 13.0. The van der Waals surface area contributed by atoms with Gasteiger partial charge < -0.3 is 20.3 Å². The standard InChI is InChI=1S/C24H25N3O3/c1-3-27(21-10-5-4-6-11-21)24(29)18-8-7-9-20(16-18)26-23(28)17-25-19-12-14-22(30-2)15-13-19/h4-16,25H,3,17H2,1-2H3,(H,26,28). The average molecular weight is 403 g/mol. The van der Waals surface area contributed by atoms with E-state index in [1.165, 1.54) is 0 Å². The van der Waals surface area contributed by atoms with E-state index in [2.05, 4.69) is 10.6 Å². The molecule has 6 heteroatoms. The number of rotatable bonds is 8. The van der Waals surface area contributed by atoms with E-state index in [1.807, 2.05) is 61.5 Å². The zero-order valence-electron chi connectivity index (χ0n) is 17.1. The van der Waals surface area contributed by atoms with Gasteiger partial charge in [-0.2, -0.15) is 0 Å². The molecule has 0 aliphatic carbocycles. The first-order valence-electron chi connectivity index (χ1n) is 9.75. The van der Waals surface area contributed by atoms with Crippen LogP contribution in [0.1, 0.15) is 17.3 Å². The van der Waals surface area contributed by atoms with Gasteiger partial charge in [-0.1, -0.05) is 24.3 Å². The van der Waals surface area contributed by atoms with E-state index in [1.54, 1.807) is 36.3 Å². The number of para-hydroxylation sites is 1. The van der Waals surface area contributed by atoms with Crippen molar-refractivity contribution in [3.63, 3.8) is 0 Å². The molecule has 0 aliphatic heterocycles. The van der Waals surface area contributed by atoms with E-state index in [-0.39, 0.29) is 18.4 Å². The third-order valence-electron chi connectivity index (χ3n) is 4.57. The highest BCUT2D eigenvalue weighted by Gasteiger charge is 2.16. The van der Waals surface area contributed by atoms with Crippen LogP contribution in [0.2, 0.25) is 0 Å². The van der Waals surface area contributed by atoms with E-state index in [9.17, 15) is 9.59 Å². The molecule has 0 heterocycles. The van der Waals surface area contributed by atoms with Gasteiger partial charge in [0.05, 0.1) is 13.7 Å². The van der Waals surface area contributed by atoms with Gasteiger partial charge in [-0.15, -0.1) is 0 Å². The molecule has 3 aromatic rings. The van der Waals surface area contributed by atoms with Crippen LogP contribution in [0.3, 0.4) is 0 Å². The van der Waals surface area contributed by atoms with E-state index >= 15 is 0 Å². The molecule has 30 heavy (non-hydrogen) atoms. The van der Waals surface area contributed by atoms with Crippen LogP contribution in [0, 0.1) is 0 Å². The molecule has 0 fully saturated rings. The van der Waals surface area contributed by atoms with Gasteiger partial charge in [0.2, 0.25) is 5.91 Å². The van der Waals surface area contributed by atoms with Gasteiger partial charge in [-0.25, -0.2) is 0 Å². The highest BCUT2D eigenvalue weighted by molar-refractivity contribution is 6.07. The van der Waals surface area contributed by atoms with E-state index in [4.69, 9.17) is 4.74 Å². The van der Waals surface area contributed by atoms with Gasteiger partial charge in [-0.05, 0) is 61.5 Å². The molecule has 0 atom stereocenters. The van der Waals surface area contributed by atoms with Crippen molar-refractivity contribution in [2.75, 3.05) is 35.7 Å². The van der Waals surface area contributed by atoms with Crippen LogP contribution in [0.5, 0.6) is 5.75 Å². The van der Waals surface area contributed by atoms with Gasteiger partial charge in [0.25, 0.3) is 5.91 Å². The molecule has 6 nitrogen and oxygen atoms in total. The smallest absolute Gasteiger partial charge is 0.258 e. The lowest BCUT2D eigenvalue weighted by Gasteiger charge is -2.21. The maximum Gasteiger partial charge on any atom is 0.258 e. The van der Waals surface area contributed by atoms with E-state index in [0.717, 1.165) is 17.1 Å². The molecule has 0 spiro atoms. The number of anilines is 3. The van der Waals surface area contributed by atoms with Crippen LogP contribution < -0.4 is 20.3 Å². The predicted octanol–water partition coefficient (Wildman–Crippen LogP) is 4.41. The zero-order valence-corrected chi connectivity index (χ0v) is 17.1. The van der Waals surface area contributed by atoms with Gasteiger partial charge in [0, 0.05) is 29.2 Å². The number of hydrogen-bond acceptors (Lipinski definition) is 4. The molecule has 0 radical (unpaired) electrons. The van der Waals surface area contributed by atoms with Crippen molar-refractivity contribution in [2.24, 2.45) is 0 Å². The van der Waals surface area contributed by atoms with Crippen LogP contribution in [0.25, 0.3) is 0 Å². The third kappa shape index (κ3) is 5.38. The number of nitrogens with one attached hydrogen (secondary N) is 2. The first kappa shape index (κ1) is 20.9. The summed E-state index contributed by atoms with van der Waals surface area (Å²) in [6.07, 6.45) is 0. The summed E-state index contributed by atoms with van der Waals surface area (Å²) in [6, 6.07) is 23.8. The van der Waals surface area contributed by atoms with Crippen LogP contribution in [-0.4, -0.2) is 32.0 Å². The molecule has 0 aliphatic rings. The van der Waals surface area contributed by atoms with Crippen molar-refractivity contribution in [1.29, 1.82) is 0 Å². The summed E-state index contributed by atoms with van der Waals surface area (Å²) < 4.78 is 5.12. The molecule has 2 amide bonds. The second-order valence-corrected chi connectivity index (χ2v) is 6.60. The minimum Gasteiger partial charge on any atom is -0.497 e. The molecule has 0 unspecified atom stereocenters. The summed E-state index contributed by atoms with van der Waals surface area (Å²) in [5, 5.41) is 5.89. The van der Waals surface area contributed by atoms with Gasteiger partial charge in [0.15, 0.2) is 0 Å². The number of hydrogen-bond donors (Lipinski definition) is 2. The first-order valence-corrected chi connectivity index (χ1v) is 9.75. The molecular formula is C24H25N3O3. The van der Waals surface area contributed by atoms with Crippen molar-refractivity contribution in [2.45, 2.75) is 6.92 Å². The molecular weight excluding hydrogens is 378 g/mol. The van der Waals surface area contributed by atoms with Crippen molar-refractivity contribution in [3.8, 4) is 5.75 Å². The van der Waals surface area contributed by atoms with Crippen LogP contribution in [0.15, 0.2) is 78.9 Å². The minimum absolute atomic E-state index is 0.107. The lowest BCUT2D eigenvalue weighted by molar-refractivity contribution is -0.114. The lowest BCUT2D eigenvalue weighted by atomic mass is 10.1. The average Bonchev–Trinajstić information content (AvgIpc) is 2.79. The largest absolute Gasteiger partial charge is 0.497 e. The monoisotopic (exact) mass is 403 g/mol. The Kier molecular flexibility index (Phi) is 7.05. The molecule has 2 N–H and O–H groups in total. The van der Waals surface area contributed by atoms with Gasteiger partial charge in [0.1, 0.15) is 5.75 Å². The Hall–Kier alpha value is -3.80. The van der Waals surface area contributed by atoms with Crippen molar-refractivity contribution in [1.82, 2.24) is 0 Å². The topological polar surface area (TPSA) is 70.7 Å². The first-order chi connectivity index (χ1) is 14.6. The Morgan fingerprint density at radius 2 is 1.63 bits per heavy atom. The fraction of sp³-hybridized carbons (Fsp3) is 0.167. The third-order valence-corrected chi connectivity index (χ3v) is 4.57. The van der Waals surface area contributed by atoms with Crippen molar-refractivity contribution < 1.29 is 14.3 Å². The molecule has 0 bridgehead atoms. The van der Waals surface area contributed by atoms with Gasteiger partial charge in [-0.3, -0.25) is 9.59 Å². The summed E-state index contributed by atoms with van der Waals surface area (Å²) in [6.45, 7) is 2.59. The SMILES string of the molecule is CCN(C(=O)c1cccc(NC(=O)CNc2ccc(OC)cc2)c1)c1ccccc1. The normalized spacial score (nSPS) is 10.2. The fourth-order valence-corrected chi connectivity index (χ4v) is 3.03. The Morgan fingerprint density at radius 1 is 0.900 bits per heavy atom. The predicted molar refractivity (Wildman–Crippen MR) is 120 cm³/mol. The van der Waals surface area contributed by atoms with Crippen LogP contribution in [-0.2, 0) is 4.79 Å². The number of amides is 2. The number of nitrogens with zero attached hydrogens (tertiary/aromatic N) is 1. The summed E-state index contributed by atoms with van der Waals surface area (Å²) >= 11 is 0. The highest BCUT2D eigenvalue weighted by Crippen LogP contribution is 2.19. The zero-order chi connectivity index (χ0) is 21.3. The molecule has 0 aromatic heterocycles. The molecule has 0 saturated carbocycles. The summed E-state index contributed by atoms with van der Waals surface area (Å²) in [4.78, 5) is 27.0. The number of benzene rings is 3. The van der Waals surface area contributed by atoms with E-state index < -0.39 is 0 Å². The van der Waals surface area contributed by atoms with Crippen LogP contribution >= 0.6 is 0 Å². The number of methoxy groups -OCH3 is 1. The Balaban J connectivity index is 1.62. The van der Waals surface area contributed by atoms with Crippen molar-refractivity contribution >= 4 is 28.9 Å². The Morgan fingerprint density at radius 3 is 2.30 bits per heavy atom. The number of carbonyl (C=O) groups is 2. The van der Waals surface area contributed by atoms with Gasteiger partial charge >= 0.3 is 0 Å². The summed E-state index contributed by atoms with van der Waals surface area (Å²) in [5.74, 6) is 0.435. The van der Waals surface area contributed by atoms with Crippen LogP contribution in [0.4, 0.5) is 17.1 Å². The number of carbonyl (C=O) groups excluding carboxylic acids is 2. The maximum absolute atomic E-state index is 13.0. The Labute approximate surface area is 176 Å². The molecule has 0 saturated heterocycles. The lowest BCUT2D eigenvalue weighted by Crippen LogP contribution is -2.30. The van der Waals surface area contributed by atoms with E-state index in [0.29, 0.717) is 17.8 Å².